The fraction of sp³-hybridized carbons (Fsp3) is 0.500. The quantitative estimate of drug-likeness (QED) is 0.911. The van der Waals surface area contributed by atoms with Crippen molar-refractivity contribution in [3.8, 4) is 5.75 Å². The highest BCUT2D eigenvalue weighted by molar-refractivity contribution is 5.85. The van der Waals surface area contributed by atoms with Crippen molar-refractivity contribution in [1.82, 2.24) is 0 Å². The van der Waals surface area contributed by atoms with Crippen molar-refractivity contribution in [1.29, 1.82) is 0 Å². The third kappa shape index (κ3) is 4.38. The zero-order chi connectivity index (χ0) is 12.5. The molecule has 1 aliphatic carbocycles. The van der Waals surface area contributed by atoms with Crippen LogP contribution in [0.5, 0.6) is 5.75 Å². The Kier molecular flexibility index (Phi) is 4.87. The second-order valence-electron chi connectivity index (χ2n) is 4.37. The van der Waals surface area contributed by atoms with E-state index < -0.39 is 6.36 Å². The molecule has 0 bridgehead atoms. The van der Waals surface area contributed by atoms with Crippen LogP contribution >= 0.6 is 12.4 Å². The summed E-state index contributed by atoms with van der Waals surface area (Å²) in [5, 5.41) is 0. The third-order valence-corrected chi connectivity index (χ3v) is 2.83. The number of benzene rings is 1. The van der Waals surface area contributed by atoms with E-state index in [1.54, 1.807) is 12.1 Å². The Morgan fingerprint density at radius 2 is 1.89 bits per heavy atom. The standard InChI is InChI=1S/C12H14F3NO.ClH/c13-12(14,15)17-11-4-2-1-3-9(11)10(16)7-8-5-6-8;/h1-4,8,10H,5-7,16H2;1H/t10-;/m0./s1. The average molecular weight is 282 g/mol. The lowest BCUT2D eigenvalue weighted by atomic mass is 10.0. The lowest BCUT2D eigenvalue weighted by Crippen LogP contribution is -2.20. The van der Waals surface area contributed by atoms with Crippen LogP contribution in [0.4, 0.5) is 13.2 Å². The van der Waals surface area contributed by atoms with Gasteiger partial charge in [-0.05, 0) is 18.4 Å². The van der Waals surface area contributed by atoms with Gasteiger partial charge in [0.25, 0.3) is 0 Å². The van der Waals surface area contributed by atoms with Gasteiger partial charge in [0.2, 0.25) is 0 Å². The van der Waals surface area contributed by atoms with Crippen molar-refractivity contribution in [2.75, 3.05) is 0 Å². The molecule has 2 rings (SSSR count). The summed E-state index contributed by atoms with van der Waals surface area (Å²) in [7, 11) is 0. The first kappa shape index (κ1) is 15.1. The number of nitrogens with two attached hydrogens (primary N) is 1. The largest absolute Gasteiger partial charge is 0.573 e. The summed E-state index contributed by atoms with van der Waals surface area (Å²) in [6, 6.07) is 5.68. The smallest absolute Gasteiger partial charge is 0.405 e. The van der Waals surface area contributed by atoms with Crippen LogP contribution in [0.2, 0.25) is 0 Å². The molecule has 1 aromatic carbocycles. The normalized spacial score (nSPS) is 16.9. The van der Waals surface area contributed by atoms with Gasteiger partial charge < -0.3 is 10.5 Å². The molecule has 1 aromatic rings. The highest BCUT2D eigenvalue weighted by atomic mass is 35.5. The number of halogens is 4. The predicted octanol–water partition coefficient (Wildman–Crippen LogP) is 3.81. The van der Waals surface area contributed by atoms with Crippen molar-refractivity contribution in [3.05, 3.63) is 29.8 Å². The van der Waals surface area contributed by atoms with Gasteiger partial charge in [0.15, 0.2) is 0 Å². The fourth-order valence-electron chi connectivity index (χ4n) is 1.84. The summed E-state index contributed by atoms with van der Waals surface area (Å²) < 4.78 is 40.6. The second kappa shape index (κ2) is 5.80. The van der Waals surface area contributed by atoms with Gasteiger partial charge in [-0.3, -0.25) is 0 Å². The molecule has 1 fully saturated rings. The van der Waals surface area contributed by atoms with Crippen molar-refractivity contribution in [2.24, 2.45) is 11.7 Å². The van der Waals surface area contributed by atoms with Crippen molar-refractivity contribution in [2.45, 2.75) is 31.7 Å². The Morgan fingerprint density at radius 3 is 2.44 bits per heavy atom. The molecular formula is C12H15ClF3NO. The number of alkyl halides is 3. The van der Waals surface area contributed by atoms with Crippen LogP contribution in [0.3, 0.4) is 0 Å². The molecule has 0 aromatic heterocycles. The maximum absolute atomic E-state index is 12.2. The summed E-state index contributed by atoms with van der Waals surface area (Å²) in [5.74, 6) is 0.372. The second-order valence-corrected chi connectivity index (χ2v) is 4.37. The Balaban J connectivity index is 0.00000162. The summed E-state index contributed by atoms with van der Waals surface area (Å²) in [4.78, 5) is 0. The summed E-state index contributed by atoms with van der Waals surface area (Å²) in [6.07, 6.45) is -1.71. The molecule has 0 amide bonds. The van der Waals surface area contributed by atoms with Gasteiger partial charge >= 0.3 is 6.36 Å². The van der Waals surface area contributed by atoms with E-state index in [0.717, 1.165) is 19.3 Å². The van der Waals surface area contributed by atoms with Crippen molar-refractivity contribution in [3.63, 3.8) is 0 Å². The SMILES string of the molecule is Cl.N[C@@H](CC1CC1)c1ccccc1OC(F)(F)F. The molecular weight excluding hydrogens is 267 g/mol. The van der Waals surface area contributed by atoms with Crippen molar-refractivity contribution < 1.29 is 17.9 Å². The maximum atomic E-state index is 12.2. The monoisotopic (exact) mass is 281 g/mol. The molecule has 2 N–H and O–H groups in total. The summed E-state index contributed by atoms with van der Waals surface area (Å²) in [5.41, 5.74) is 6.34. The highest BCUT2D eigenvalue weighted by Crippen LogP contribution is 2.39. The van der Waals surface area contributed by atoms with Crippen LogP contribution in [0, 0.1) is 5.92 Å². The molecule has 102 valence electrons. The fourth-order valence-corrected chi connectivity index (χ4v) is 1.84. The van der Waals surface area contributed by atoms with E-state index >= 15 is 0 Å². The van der Waals surface area contributed by atoms with Gasteiger partial charge in [-0.15, -0.1) is 25.6 Å². The topological polar surface area (TPSA) is 35.2 Å². The van der Waals surface area contributed by atoms with Crippen LogP contribution in [-0.2, 0) is 0 Å². The number of ether oxygens (including phenoxy) is 1. The molecule has 0 saturated heterocycles. The Bertz CT molecular complexity index is 393. The Labute approximate surface area is 110 Å². The molecule has 0 heterocycles. The molecule has 2 nitrogen and oxygen atoms in total. The molecule has 1 saturated carbocycles. The van der Waals surface area contributed by atoms with Gasteiger partial charge in [-0.2, -0.15) is 0 Å². The Hall–Kier alpha value is -0.940. The highest BCUT2D eigenvalue weighted by Gasteiger charge is 2.33. The molecule has 0 unspecified atom stereocenters. The van der Waals surface area contributed by atoms with Gasteiger partial charge in [0.1, 0.15) is 5.75 Å². The molecule has 0 radical (unpaired) electrons. The first-order valence-electron chi connectivity index (χ1n) is 5.56. The van der Waals surface area contributed by atoms with Crippen LogP contribution < -0.4 is 10.5 Å². The van der Waals surface area contributed by atoms with E-state index in [4.69, 9.17) is 5.73 Å². The minimum Gasteiger partial charge on any atom is -0.405 e. The molecule has 0 spiro atoms. The molecule has 6 heteroatoms. The number of hydrogen-bond donors (Lipinski definition) is 1. The van der Waals surface area contributed by atoms with E-state index in [2.05, 4.69) is 4.74 Å². The van der Waals surface area contributed by atoms with E-state index in [-0.39, 0.29) is 24.2 Å². The lowest BCUT2D eigenvalue weighted by Gasteiger charge is -2.17. The number of para-hydroxylation sites is 1. The minimum atomic E-state index is -4.67. The number of hydrogen-bond acceptors (Lipinski definition) is 2. The number of rotatable bonds is 4. The molecule has 1 aliphatic rings. The maximum Gasteiger partial charge on any atom is 0.573 e. The first-order valence-corrected chi connectivity index (χ1v) is 5.56. The first-order chi connectivity index (χ1) is 7.96. The summed E-state index contributed by atoms with van der Waals surface area (Å²) >= 11 is 0. The average Bonchev–Trinajstić information content (AvgIpc) is 3.00. The predicted molar refractivity (Wildman–Crippen MR) is 64.6 cm³/mol. The molecule has 0 aliphatic heterocycles. The van der Waals surface area contributed by atoms with Crippen LogP contribution in [0.15, 0.2) is 24.3 Å². The van der Waals surface area contributed by atoms with E-state index in [1.165, 1.54) is 12.1 Å². The zero-order valence-corrected chi connectivity index (χ0v) is 10.4. The van der Waals surface area contributed by atoms with Gasteiger partial charge in [-0.25, -0.2) is 0 Å². The van der Waals surface area contributed by atoms with Crippen LogP contribution in [0.25, 0.3) is 0 Å². The van der Waals surface area contributed by atoms with E-state index in [9.17, 15) is 13.2 Å². The van der Waals surface area contributed by atoms with Crippen LogP contribution in [-0.4, -0.2) is 6.36 Å². The van der Waals surface area contributed by atoms with E-state index in [0.29, 0.717) is 11.5 Å². The van der Waals surface area contributed by atoms with E-state index in [1.807, 2.05) is 0 Å². The molecule has 18 heavy (non-hydrogen) atoms. The summed E-state index contributed by atoms with van der Waals surface area (Å²) in [6.45, 7) is 0. The van der Waals surface area contributed by atoms with Gasteiger partial charge in [-0.1, -0.05) is 31.0 Å². The van der Waals surface area contributed by atoms with Crippen LogP contribution in [0.1, 0.15) is 30.9 Å². The minimum absolute atomic E-state index is 0. The van der Waals surface area contributed by atoms with Gasteiger partial charge in [0, 0.05) is 11.6 Å². The lowest BCUT2D eigenvalue weighted by molar-refractivity contribution is -0.275. The zero-order valence-electron chi connectivity index (χ0n) is 9.61. The van der Waals surface area contributed by atoms with Gasteiger partial charge in [0.05, 0.1) is 0 Å². The Morgan fingerprint density at radius 1 is 1.28 bits per heavy atom. The van der Waals surface area contributed by atoms with Crippen molar-refractivity contribution >= 4 is 12.4 Å². The molecule has 1 atom stereocenters. The third-order valence-electron chi connectivity index (χ3n) is 2.83.